The number of benzene rings is 2. The number of fused-ring (bicyclic) bond motifs is 1. The molecule has 0 saturated carbocycles. The fourth-order valence-corrected chi connectivity index (χ4v) is 7.62. The Kier molecular flexibility index (Phi) is 5.24. The van der Waals surface area contributed by atoms with Crippen LogP contribution in [-0.2, 0) is 21.1 Å². The zero-order valence-electron chi connectivity index (χ0n) is 15.2. The number of hydrogen-bond acceptors (Lipinski definition) is 4. The van der Waals surface area contributed by atoms with Crippen LogP contribution in [0.3, 0.4) is 0 Å². The average molecular weight is 435 g/mol. The first-order valence-corrected chi connectivity index (χ1v) is 12.0. The molecule has 2 fully saturated rings. The number of anilines is 1. The van der Waals surface area contributed by atoms with Crippen molar-refractivity contribution in [2.75, 3.05) is 16.4 Å². The highest BCUT2D eigenvalue weighted by Crippen LogP contribution is 2.41. The Labute approximate surface area is 173 Å². The summed E-state index contributed by atoms with van der Waals surface area (Å²) in [5.41, 5.74) is 2.78. The Morgan fingerprint density at radius 1 is 1.21 bits per heavy atom. The number of thioether (sulfide) groups is 1. The molecule has 5 nitrogen and oxygen atoms in total. The number of carbonyl (C=O) groups is 1. The number of amidine groups is 1. The van der Waals surface area contributed by atoms with E-state index in [1.807, 2.05) is 48.2 Å². The van der Waals surface area contributed by atoms with Crippen LogP contribution in [0.4, 0.5) is 5.69 Å². The number of halogens is 1. The molecular formula is C20H19ClN2O3S2. The Morgan fingerprint density at radius 2 is 1.96 bits per heavy atom. The molecule has 0 bridgehead atoms. The van der Waals surface area contributed by atoms with Crippen molar-refractivity contribution in [3.05, 3.63) is 64.7 Å². The van der Waals surface area contributed by atoms with E-state index in [-0.39, 0.29) is 35.1 Å². The molecule has 0 spiro atoms. The van der Waals surface area contributed by atoms with Crippen molar-refractivity contribution in [1.82, 2.24) is 0 Å². The summed E-state index contributed by atoms with van der Waals surface area (Å²) in [5, 5.41) is 1.09. The molecule has 2 heterocycles. The summed E-state index contributed by atoms with van der Waals surface area (Å²) in [4.78, 5) is 18.8. The van der Waals surface area contributed by atoms with Gasteiger partial charge in [-0.2, -0.15) is 4.99 Å². The van der Waals surface area contributed by atoms with E-state index in [4.69, 9.17) is 11.6 Å². The minimum atomic E-state index is -3.08. The van der Waals surface area contributed by atoms with Crippen molar-refractivity contribution in [2.45, 2.75) is 24.6 Å². The van der Waals surface area contributed by atoms with Gasteiger partial charge in [-0.25, -0.2) is 8.42 Å². The van der Waals surface area contributed by atoms with Crippen LogP contribution in [0.1, 0.15) is 11.1 Å². The zero-order chi connectivity index (χ0) is 19.9. The van der Waals surface area contributed by atoms with E-state index < -0.39 is 9.84 Å². The van der Waals surface area contributed by atoms with E-state index in [1.54, 1.807) is 12.1 Å². The van der Waals surface area contributed by atoms with Crippen molar-refractivity contribution >= 4 is 50.0 Å². The van der Waals surface area contributed by atoms with E-state index in [9.17, 15) is 13.2 Å². The molecule has 0 radical (unpaired) electrons. The normalized spacial score (nSPS) is 24.5. The maximum atomic E-state index is 12.6. The molecule has 0 aromatic heterocycles. The molecule has 0 aliphatic carbocycles. The molecule has 2 atom stereocenters. The molecule has 4 rings (SSSR count). The third-order valence-electron chi connectivity index (χ3n) is 4.84. The number of aryl methyl sites for hydroxylation is 1. The molecular weight excluding hydrogens is 416 g/mol. The van der Waals surface area contributed by atoms with Gasteiger partial charge in [0.05, 0.1) is 24.0 Å². The molecule has 2 saturated heterocycles. The van der Waals surface area contributed by atoms with Crippen LogP contribution in [0, 0.1) is 6.92 Å². The van der Waals surface area contributed by atoms with Crippen LogP contribution < -0.4 is 4.90 Å². The number of aliphatic imine (C=N–C) groups is 1. The molecule has 2 aromatic carbocycles. The third kappa shape index (κ3) is 4.11. The molecule has 146 valence electrons. The van der Waals surface area contributed by atoms with Gasteiger partial charge in [0.2, 0.25) is 0 Å². The lowest BCUT2D eigenvalue weighted by molar-refractivity contribution is -0.117. The standard InChI is InChI=1S/C20H19ClN2O3S2/c1-13-3-2-4-16(9-13)23-17-11-28(25,26)12-18(17)27-20(23)22-19(24)10-14-5-7-15(21)8-6-14/h2-9,17-18H,10-12H2,1H3. The number of nitrogens with zero attached hydrogens (tertiary/aromatic N) is 2. The zero-order valence-corrected chi connectivity index (χ0v) is 17.6. The predicted molar refractivity (Wildman–Crippen MR) is 115 cm³/mol. The second-order valence-electron chi connectivity index (χ2n) is 7.10. The summed E-state index contributed by atoms with van der Waals surface area (Å²) in [6.07, 6.45) is 0.177. The first-order chi connectivity index (χ1) is 13.3. The Bertz CT molecular complexity index is 1050. The molecule has 2 unspecified atom stereocenters. The second kappa shape index (κ2) is 7.54. The van der Waals surface area contributed by atoms with Crippen LogP contribution in [0.15, 0.2) is 53.5 Å². The Morgan fingerprint density at radius 3 is 2.68 bits per heavy atom. The number of hydrogen-bond donors (Lipinski definition) is 0. The molecule has 28 heavy (non-hydrogen) atoms. The predicted octanol–water partition coefficient (Wildman–Crippen LogP) is 3.49. The summed E-state index contributed by atoms with van der Waals surface area (Å²) in [6, 6.07) is 14.7. The van der Waals surface area contributed by atoms with Gasteiger partial charge < -0.3 is 4.90 Å². The first-order valence-electron chi connectivity index (χ1n) is 8.90. The minimum Gasteiger partial charge on any atom is -0.316 e. The summed E-state index contributed by atoms with van der Waals surface area (Å²) < 4.78 is 24.3. The lowest BCUT2D eigenvalue weighted by atomic mass is 10.1. The second-order valence-corrected chi connectivity index (χ2v) is 10.9. The lowest BCUT2D eigenvalue weighted by Gasteiger charge is -2.24. The minimum absolute atomic E-state index is 0.0863. The van der Waals surface area contributed by atoms with Gasteiger partial charge in [-0.3, -0.25) is 4.79 Å². The van der Waals surface area contributed by atoms with E-state index in [0.717, 1.165) is 16.8 Å². The van der Waals surface area contributed by atoms with E-state index >= 15 is 0 Å². The molecule has 2 aromatic rings. The average Bonchev–Trinajstić information content (AvgIpc) is 3.07. The number of rotatable bonds is 3. The van der Waals surface area contributed by atoms with Gasteiger partial charge in [0.1, 0.15) is 0 Å². The van der Waals surface area contributed by atoms with Crippen LogP contribution >= 0.6 is 23.4 Å². The number of amides is 1. The molecule has 2 aliphatic heterocycles. The molecule has 0 N–H and O–H groups in total. The molecule has 8 heteroatoms. The van der Waals surface area contributed by atoms with Crippen molar-refractivity contribution in [1.29, 1.82) is 0 Å². The van der Waals surface area contributed by atoms with Crippen molar-refractivity contribution < 1.29 is 13.2 Å². The van der Waals surface area contributed by atoms with Gasteiger partial charge in [0, 0.05) is 16.0 Å². The quantitative estimate of drug-likeness (QED) is 0.739. The highest BCUT2D eigenvalue weighted by Gasteiger charge is 2.49. The summed E-state index contributed by atoms with van der Waals surface area (Å²) in [5.74, 6) is -0.0526. The van der Waals surface area contributed by atoms with Gasteiger partial charge in [-0.15, -0.1) is 0 Å². The van der Waals surface area contributed by atoms with Crippen molar-refractivity contribution in [3.63, 3.8) is 0 Å². The smallest absolute Gasteiger partial charge is 0.252 e. The Balaban J connectivity index is 1.63. The van der Waals surface area contributed by atoms with E-state index in [2.05, 4.69) is 4.99 Å². The largest absolute Gasteiger partial charge is 0.316 e. The topological polar surface area (TPSA) is 66.8 Å². The maximum absolute atomic E-state index is 12.6. The highest BCUT2D eigenvalue weighted by molar-refractivity contribution is 8.16. The Hall–Kier alpha value is -1.83. The van der Waals surface area contributed by atoms with Crippen molar-refractivity contribution in [2.24, 2.45) is 4.99 Å². The van der Waals surface area contributed by atoms with Gasteiger partial charge in [0.25, 0.3) is 5.91 Å². The van der Waals surface area contributed by atoms with Gasteiger partial charge in [0.15, 0.2) is 15.0 Å². The first kappa shape index (κ1) is 19.5. The van der Waals surface area contributed by atoms with Crippen LogP contribution in [0.2, 0.25) is 5.02 Å². The third-order valence-corrected chi connectivity index (χ3v) is 8.30. The number of sulfone groups is 1. The van der Waals surface area contributed by atoms with Crippen LogP contribution in [0.5, 0.6) is 0 Å². The fourth-order valence-electron chi connectivity index (χ4n) is 3.57. The summed E-state index contributed by atoms with van der Waals surface area (Å²) in [7, 11) is -3.08. The fraction of sp³-hybridized carbons (Fsp3) is 0.300. The summed E-state index contributed by atoms with van der Waals surface area (Å²) in [6.45, 7) is 1.98. The van der Waals surface area contributed by atoms with Crippen molar-refractivity contribution in [3.8, 4) is 0 Å². The molecule has 1 amide bonds. The SMILES string of the molecule is Cc1cccc(N2C(=NC(=O)Cc3ccc(Cl)cc3)SC3CS(=O)(=O)CC32)c1. The highest BCUT2D eigenvalue weighted by atomic mass is 35.5. The van der Waals surface area contributed by atoms with E-state index in [0.29, 0.717) is 10.2 Å². The van der Waals surface area contributed by atoms with Crippen LogP contribution in [0.25, 0.3) is 0 Å². The summed E-state index contributed by atoms with van der Waals surface area (Å²) >= 11 is 7.28. The monoisotopic (exact) mass is 434 g/mol. The molecule has 2 aliphatic rings. The maximum Gasteiger partial charge on any atom is 0.252 e. The van der Waals surface area contributed by atoms with Crippen LogP contribution in [-0.4, -0.2) is 42.3 Å². The van der Waals surface area contributed by atoms with Gasteiger partial charge in [-0.1, -0.05) is 47.6 Å². The number of carbonyl (C=O) groups excluding carboxylic acids is 1. The van der Waals surface area contributed by atoms with Gasteiger partial charge >= 0.3 is 0 Å². The van der Waals surface area contributed by atoms with Gasteiger partial charge in [-0.05, 0) is 42.3 Å². The lowest BCUT2D eigenvalue weighted by Crippen LogP contribution is -2.37. The van der Waals surface area contributed by atoms with E-state index in [1.165, 1.54) is 11.8 Å².